The van der Waals surface area contributed by atoms with E-state index in [9.17, 15) is 29.3 Å². The van der Waals surface area contributed by atoms with E-state index in [1.165, 1.54) is 31.4 Å². The number of benzene rings is 2. The van der Waals surface area contributed by atoms with Gasteiger partial charge in [-0.15, -0.1) is 0 Å². The molecular formula is C26H21ClN4O9. The molecular weight excluding hydrogens is 548 g/mol. The molecule has 14 heteroatoms. The summed E-state index contributed by atoms with van der Waals surface area (Å²) in [6, 6.07) is 11.4. The zero-order chi connectivity index (χ0) is 29.0. The summed E-state index contributed by atoms with van der Waals surface area (Å²) in [5.41, 5.74) is 0.764. The van der Waals surface area contributed by atoms with Crippen LogP contribution in [0.3, 0.4) is 0 Å². The molecule has 2 aromatic carbocycles. The molecule has 0 bridgehead atoms. The third-order valence-corrected chi connectivity index (χ3v) is 5.93. The first kappa shape index (κ1) is 27.9. The lowest BCUT2D eigenvalue weighted by molar-refractivity contribution is -0.385. The van der Waals surface area contributed by atoms with Crippen LogP contribution in [0.25, 0.3) is 6.08 Å². The third kappa shape index (κ3) is 6.10. The molecule has 206 valence electrons. The van der Waals surface area contributed by atoms with Crippen LogP contribution >= 0.6 is 11.6 Å². The lowest BCUT2D eigenvalue weighted by atomic mass is 10.1. The van der Waals surface area contributed by atoms with Crippen molar-refractivity contribution in [3.8, 4) is 5.75 Å². The molecule has 0 spiro atoms. The van der Waals surface area contributed by atoms with Gasteiger partial charge in [0.1, 0.15) is 11.5 Å². The van der Waals surface area contributed by atoms with E-state index in [2.05, 4.69) is 15.4 Å². The van der Waals surface area contributed by atoms with E-state index >= 15 is 0 Å². The van der Waals surface area contributed by atoms with E-state index in [1.54, 1.807) is 25.1 Å². The van der Waals surface area contributed by atoms with Gasteiger partial charge in [-0.05, 0) is 48.4 Å². The van der Waals surface area contributed by atoms with E-state index in [0.717, 1.165) is 16.5 Å². The number of nitrogens with one attached hydrogen (secondary N) is 2. The van der Waals surface area contributed by atoms with Gasteiger partial charge in [0.15, 0.2) is 6.61 Å². The summed E-state index contributed by atoms with van der Waals surface area (Å²) in [5.74, 6) is -2.30. The number of methoxy groups -OCH3 is 1. The molecule has 4 rings (SSSR count). The molecule has 0 saturated carbocycles. The topological polar surface area (TPSA) is 170 Å². The molecule has 1 fully saturated rings. The van der Waals surface area contributed by atoms with Gasteiger partial charge in [0, 0.05) is 11.8 Å². The number of ether oxygens (including phenoxy) is 2. The molecule has 1 aliphatic heterocycles. The number of rotatable bonds is 9. The maximum absolute atomic E-state index is 12.8. The number of urea groups is 1. The summed E-state index contributed by atoms with van der Waals surface area (Å²) in [7, 11) is 1.18. The van der Waals surface area contributed by atoms with Crippen LogP contribution in [0.5, 0.6) is 5.75 Å². The molecule has 0 unspecified atom stereocenters. The number of aryl methyl sites for hydroxylation is 1. The fourth-order valence-electron chi connectivity index (χ4n) is 3.71. The predicted molar refractivity (Wildman–Crippen MR) is 141 cm³/mol. The highest BCUT2D eigenvalue weighted by Gasteiger charge is 2.35. The Balaban J connectivity index is 1.49. The number of imide groups is 1. The number of amides is 4. The minimum absolute atomic E-state index is 0.0998. The lowest BCUT2D eigenvalue weighted by Gasteiger charge is -2.11. The van der Waals surface area contributed by atoms with Crippen molar-refractivity contribution in [2.45, 2.75) is 13.5 Å². The van der Waals surface area contributed by atoms with Crippen LogP contribution < -0.4 is 15.4 Å². The van der Waals surface area contributed by atoms with Crippen molar-refractivity contribution in [1.82, 2.24) is 10.2 Å². The molecule has 40 heavy (non-hydrogen) atoms. The van der Waals surface area contributed by atoms with Gasteiger partial charge in [-0.25, -0.2) is 9.59 Å². The molecule has 2 N–H and O–H groups in total. The Kier molecular flexibility index (Phi) is 8.15. The van der Waals surface area contributed by atoms with Gasteiger partial charge in [-0.2, -0.15) is 0 Å². The number of para-hydroxylation sites is 1. The Morgan fingerprint density at radius 3 is 2.65 bits per heavy atom. The normalized spacial score (nSPS) is 13.8. The van der Waals surface area contributed by atoms with Gasteiger partial charge < -0.3 is 24.5 Å². The number of carbonyl (C=O) groups excluding carboxylic acids is 4. The molecule has 1 saturated heterocycles. The number of hydrogen-bond acceptors (Lipinski definition) is 9. The van der Waals surface area contributed by atoms with E-state index in [0.29, 0.717) is 5.69 Å². The zero-order valence-corrected chi connectivity index (χ0v) is 21.8. The van der Waals surface area contributed by atoms with Crippen molar-refractivity contribution < 1.29 is 38.0 Å². The Labute approximate surface area is 231 Å². The summed E-state index contributed by atoms with van der Waals surface area (Å²) < 4.78 is 15.2. The average molecular weight is 569 g/mol. The summed E-state index contributed by atoms with van der Waals surface area (Å²) in [6.07, 6.45) is 1.20. The first-order valence-electron chi connectivity index (χ1n) is 11.5. The smallest absolute Gasteiger partial charge is 0.373 e. The highest BCUT2D eigenvalue weighted by molar-refractivity contribution is 6.32. The fourth-order valence-corrected chi connectivity index (χ4v) is 3.99. The molecule has 1 aromatic heterocycles. The molecule has 4 amide bonds. The number of halogens is 1. The number of nitrogens with zero attached hydrogens (tertiary/aromatic N) is 2. The Morgan fingerprint density at radius 1 is 1.20 bits per heavy atom. The second-order valence-corrected chi connectivity index (χ2v) is 8.80. The molecule has 1 aliphatic rings. The van der Waals surface area contributed by atoms with E-state index in [1.807, 2.05) is 6.07 Å². The van der Waals surface area contributed by atoms with Crippen molar-refractivity contribution in [3.63, 3.8) is 0 Å². The minimum atomic E-state index is -0.771. The number of nitro groups is 1. The average Bonchev–Trinajstić information content (AvgIpc) is 3.49. The van der Waals surface area contributed by atoms with Crippen molar-refractivity contribution in [3.05, 3.63) is 92.0 Å². The van der Waals surface area contributed by atoms with E-state index in [-0.39, 0.29) is 40.1 Å². The fraction of sp³-hybridized carbons (Fsp3) is 0.154. The molecule has 2 heterocycles. The van der Waals surface area contributed by atoms with Crippen LogP contribution in [-0.4, -0.2) is 47.4 Å². The molecule has 3 aromatic rings. The second-order valence-electron chi connectivity index (χ2n) is 8.40. The molecule has 0 radical (unpaired) electrons. The van der Waals surface area contributed by atoms with Gasteiger partial charge in [0.2, 0.25) is 11.5 Å². The Bertz CT molecular complexity index is 1560. The van der Waals surface area contributed by atoms with E-state index < -0.39 is 41.0 Å². The largest absolute Gasteiger partial charge is 0.476 e. The Hall–Kier alpha value is -5.17. The lowest BCUT2D eigenvalue weighted by Crippen LogP contribution is -2.30. The van der Waals surface area contributed by atoms with Gasteiger partial charge in [-0.1, -0.05) is 29.8 Å². The van der Waals surface area contributed by atoms with Crippen molar-refractivity contribution in [2.75, 3.05) is 19.0 Å². The van der Waals surface area contributed by atoms with Gasteiger partial charge in [0.25, 0.3) is 11.8 Å². The summed E-state index contributed by atoms with van der Waals surface area (Å²) in [5, 5.41) is 16.6. The number of furan rings is 1. The van der Waals surface area contributed by atoms with Crippen LogP contribution in [-0.2, 0) is 20.9 Å². The SMILES string of the molecule is COC(=O)c1ccc(CN2C(=O)N/C(=C\c3cc(Cl)c(OCC(=O)Nc4ccccc4C)c([N+](=O)[O-])c3)C2=O)o1. The van der Waals surface area contributed by atoms with Crippen molar-refractivity contribution in [2.24, 2.45) is 0 Å². The van der Waals surface area contributed by atoms with Crippen molar-refractivity contribution in [1.29, 1.82) is 0 Å². The summed E-state index contributed by atoms with van der Waals surface area (Å²) in [4.78, 5) is 61.0. The number of nitro benzene ring substituents is 1. The van der Waals surface area contributed by atoms with Crippen molar-refractivity contribution >= 4 is 52.9 Å². The van der Waals surface area contributed by atoms with Crippen LogP contribution in [0.15, 0.2) is 58.6 Å². The summed E-state index contributed by atoms with van der Waals surface area (Å²) in [6.45, 7) is 0.973. The highest BCUT2D eigenvalue weighted by Crippen LogP contribution is 2.37. The van der Waals surface area contributed by atoms with Crippen LogP contribution in [0, 0.1) is 17.0 Å². The van der Waals surface area contributed by atoms with Gasteiger partial charge in [0.05, 0.1) is 23.6 Å². The highest BCUT2D eigenvalue weighted by atomic mass is 35.5. The van der Waals surface area contributed by atoms with Crippen LogP contribution in [0.2, 0.25) is 5.02 Å². The number of carbonyl (C=O) groups is 4. The zero-order valence-electron chi connectivity index (χ0n) is 21.1. The first-order valence-corrected chi connectivity index (χ1v) is 11.9. The maximum Gasteiger partial charge on any atom is 0.373 e. The Morgan fingerprint density at radius 2 is 1.95 bits per heavy atom. The van der Waals surface area contributed by atoms with Crippen LogP contribution in [0.1, 0.15) is 27.4 Å². The monoisotopic (exact) mass is 568 g/mol. The van der Waals surface area contributed by atoms with Gasteiger partial charge >= 0.3 is 17.7 Å². The standard InChI is InChI=1S/C26H21ClN4O9/c1-14-5-3-4-6-18(14)28-22(32)13-39-23-17(27)9-15(11-20(23)31(36)37)10-19-24(33)30(26(35)29-19)12-16-7-8-21(40-16)25(34)38-2/h3-11H,12-13H2,1-2H3,(H,28,32)(H,29,35)/b19-10-. The number of hydrogen-bond donors (Lipinski definition) is 2. The predicted octanol–water partition coefficient (Wildman–Crippen LogP) is 4.05. The number of esters is 1. The number of anilines is 1. The molecule has 0 atom stereocenters. The van der Waals surface area contributed by atoms with E-state index in [4.69, 9.17) is 20.8 Å². The van der Waals surface area contributed by atoms with Gasteiger partial charge in [-0.3, -0.25) is 24.6 Å². The van der Waals surface area contributed by atoms with Crippen LogP contribution in [0.4, 0.5) is 16.2 Å². The third-order valence-electron chi connectivity index (χ3n) is 5.65. The quantitative estimate of drug-likeness (QED) is 0.127. The summed E-state index contributed by atoms with van der Waals surface area (Å²) >= 11 is 6.25. The molecule has 0 aliphatic carbocycles. The molecule has 13 nitrogen and oxygen atoms in total. The first-order chi connectivity index (χ1) is 19.1. The minimum Gasteiger partial charge on any atom is -0.476 e. The second kappa shape index (κ2) is 11.7. The maximum atomic E-state index is 12.8.